The monoisotopic (exact) mass is 247 g/mol. The van der Waals surface area contributed by atoms with Crippen LogP contribution in [-0.4, -0.2) is 16.7 Å². The Morgan fingerprint density at radius 2 is 1.79 bits per heavy atom. The van der Waals surface area contributed by atoms with Crippen molar-refractivity contribution in [2.45, 2.75) is 5.92 Å². The summed E-state index contributed by atoms with van der Waals surface area (Å²) in [5, 5.41) is 8.52. The first-order valence-electron chi connectivity index (χ1n) is 6.21. The Morgan fingerprint density at radius 3 is 2.58 bits per heavy atom. The Balaban J connectivity index is 2.13. The summed E-state index contributed by atoms with van der Waals surface area (Å²) in [6.07, 6.45) is 0. The van der Waals surface area contributed by atoms with Crippen molar-refractivity contribution >= 4 is 10.9 Å². The van der Waals surface area contributed by atoms with Gasteiger partial charge in [-0.2, -0.15) is 5.10 Å². The van der Waals surface area contributed by atoms with Crippen molar-refractivity contribution < 1.29 is 0 Å². The van der Waals surface area contributed by atoms with E-state index < -0.39 is 0 Å². The van der Waals surface area contributed by atoms with E-state index in [1.54, 1.807) is 0 Å². The molecule has 1 unspecified atom stereocenters. The average Bonchev–Trinajstić information content (AvgIpc) is 2.89. The molecule has 3 heteroatoms. The van der Waals surface area contributed by atoms with Crippen LogP contribution in [0.15, 0.2) is 54.6 Å². The van der Waals surface area contributed by atoms with Crippen LogP contribution in [0.5, 0.6) is 0 Å². The number of nitrogens with one attached hydrogen (secondary N) is 1. The van der Waals surface area contributed by atoms with E-state index in [2.05, 4.69) is 27.2 Å². The lowest BCUT2D eigenvalue weighted by Crippen LogP contribution is -2.05. The molecule has 3 nitrogen and oxygen atoms in total. The van der Waals surface area contributed by atoms with Crippen molar-refractivity contribution in [3.63, 3.8) is 0 Å². The van der Waals surface area contributed by atoms with E-state index in [1.807, 2.05) is 42.5 Å². The van der Waals surface area contributed by atoms with Crippen molar-refractivity contribution in [3.8, 4) is 0 Å². The fourth-order valence-electron chi connectivity index (χ4n) is 2.39. The molecule has 0 fully saturated rings. The zero-order valence-electron chi connectivity index (χ0n) is 10.4. The van der Waals surface area contributed by atoms with Gasteiger partial charge in [0.25, 0.3) is 0 Å². The zero-order chi connectivity index (χ0) is 13.1. The number of benzene rings is 2. The maximum absolute atomic E-state index is 7.18. The zero-order valence-corrected chi connectivity index (χ0v) is 10.4. The molecule has 92 valence electrons. The Bertz CT molecular complexity index is 722. The van der Waals surface area contributed by atoms with Crippen LogP contribution in [0.2, 0.25) is 0 Å². The molecule has 3 aromatic rings. The first kappa shape index (κ1) is 11.5. The first-order chi connectivity index (χ1) is 9.40. The second-order valence-corrected chi connectivity index (χ2v) is 4.46. The van der Waals surface area contributed by atoms with E-state index in [0.717, 1.165) is 22.2 Å². The molecule has 0 saturated heterocycles. The molecule has 0 aliphatic carbocycles. The molecule has 0 radical (unpaired) electrons. The summed E-state index contributed by atoms with van der Waals surface area (Å²) >= 11 is 0. The third kappa shape index (κ3) is 2.09. The highest BCUT2D eigenvalue weighted by Gasteiger charge is 2.21. The van der Waals surface area contributed by atoms with Gasteiger partial charge in [-0.3, -0.25) is 5.10 Å². The lowest BCUT2D eigenvalue weighted by molar-refractivity contribution is 0.836. The van der Waals surface area contributed by atoms with Crippen LogP contribution in [0.4, 0.5) is 0 Å². The van der Waals surface area contributed by atoms with Crippen LogP contribution in [-0.2, 0) is 0 Å². The topological polar surface area (TPSA) is 33.0 Å². The highest BCUT2D eigenvalue weighted by atomic mass is 15.1. The van der Waals surface area contributed by atoms with Gasteiger partial charge in [0.05, 0.1) is 17.1 Å². The quantitative estimate of drug-likeness (QED) is 0.704. The summed E-state index contributed by atoms with van der Waals surface area (Å²) in [6, 6.07) is 18.1. The van der Waals surface area contributed by atoms with Gasteiger partial charge in [0, 0.05) is 5.39 Å². The maximum Gasteiger partial charge on any atom is 0.227 e. The van der Waals surface area contributed by atoms with Gasteiger partial charge in [0.2, 0.25) is 6.54 Å². The van der Waals surface area contributed by atoms with Crippen molar-refractivity contribution in [1.29, 1.82) is 0 Å². The Labute approximate surface area is 111 Å². The van der Waals surface area contributed by atoms with Crippen LogP contribution < -0.4 is 0 Å². The first-order valence-corrected chi connectivity index (χ1v) is 6.21. The minimum atomic E-state index is 0.0473. The van der Waals surface area contributed by atoms with E-state index in [0.29, 0.717) is 6.54 Å². The smallest absolute Gasteiger partial charge is 0.227 e. The second kappa shape index (κ2) is 4.95. The summed E-state index contributed by atoms with van der Waals surface area (Å²) in [7, 11) is 0. The van der Waals surface area contributed by atoms with Crippen LogP contribution in [0, 0.1) is 6.57 Å². The van der Waals surface area contributed by atoms with Gasteiger partial charge in [0.1, 0.15) is 0 Å². The summed E-state index contributed by atoms with van der Waals surface area (Å²) < 4.78 is 0. The van der Waals surface area contributed by atoms with Gasteiger partial charge in [-0.05, 0) is 11.6 Å². The minimum Gasteiger partial charge on any atom is -0.316 e. The van der Waals surface area contributed by atoms with E-state index in [4.69, 9.17) is 6.57 Å². The highest BCUT2D eigenvalue weighted by Crippen LogP contribution is 2.29. The van der Waals surface area contributed by atoms with Gasteiger partial charge in [0.15, 0.2) is 0 Å². The van der Waals surface area contributed by atoms with Gasteiger partial charge < -0.3 is 4.85 Å². The van der Waals surface area contributed by atoms with E-state index in [9.17, 15) is 0 Å². The van der Waals surface area contributed by atoms with Crippen molar-refractivity contribution in [3.05, 3.63) is 77.3 Å². The third-order valence-corrected chi connectivity index (χ3v) is 3.32. The molecule has 0 spiro atoms. The number of hydrogen-bond acceptors (Lipinski definition) is 1. The number of fused-ring (bicyclic) bond motifs is 1. The number of rotatable bonds is 3. The number of H-pyrrole nitrogens is 1. The summed E-state index contributed by atoms with van der Waals surface area (Å²) in [6.45, 7) is 7.61. The Kier molecular flexibility index (Phi) is 2.99. The van der Waals surface area contributed by atoms with E-state index in [1.165, 1.54) is 0 Å². The molecule has 2 aromatic carbocycles. The summed E-state index contributed by atoms with van der Waals surface area (Å²) in [5.41, 5.74) is 3.12. The molecule has 0 aliphatic heterocycles. The molecule has 3 rings (SSSR count). The SMILES string of the molecule is [C-]#[N+]CC(c1ccccc1)c1[nH]nc2ccccc12. The van der Waals surface area contributed by atoms with Crippen molar-refractivity contribution in [1.82, 2.24) is 10.2 Å². The van der Waals surface area contributed by atoms with Crippen molar-refractivity contribution in [2.24, 2.45) is 0 Å². The molecule has 1 heterocycles. The predicted octanol–water partition coefficient (Wildman–Crippen LogP) is 3.61. The second-order valence-electron chi connectivity index (χ2n) is 4.46. The van der Waals surface area contributed by atoms with Gasteiger partial charge >= 0.3 is 0 Å². The number of nitrogens with zero attached hydrogens (tertiary/aromatic N) is 2. The summed E-state index contributed by atoms with van der Waals surface area (Å²) in [5.74, 6) is 0.0473. The van der Waals surface area contributed by atoms with Gasteiger partial charge in [-0.25, -0.2) is 6.57 Å². The van der Waals surface area contributed by atoms with E-state index >= 15 is 0 Å². The fourth-order valence-corrected chi connectivity index (χ4v) is 2.39. The lowest BCUT2D eigenvalue weighted by Gasteiger charge is -2.10. The third-order valence-electron chi connectivity index (χ3n) is 3.32. The molecule has 1 atom stereocenters. The van der Waals surface area contributed by atoms with Crippen LogP contribution in [0.1, 0.15) is 17.2 Å². The minimum absolute atomic E-state index is 0.0473. The maximum atomic E-state index is 7.18. The largest absolute Gasteiger partial charge is 0.316 e. The average molecular weight is 247 g/mol. The number of aromatic nitrogens is 2. The van der Waals surface area contributed by atoms with Crippen molar-refractivity contribution in [2.75, 3.05) is 6.54 Å². The fraction of sp³-hybridized carbons (Fsp3) is 0.125. The normalized spacial score (nSPS) is 12.2. The number of hydrogen-bond donors (Lipinski definition) is 1. The van der Waals surface area contributed by atoms with Crippen LogP contribution >= 0.6 is 0 Å². The highest BCUT2D eigenvalue weighted by molar-refractivity contribution is 5.82. The molecule has 0 bridgehead atoms. The predicted molar refractivity (Wildman–Crippen MR) is 75.8 cm³/mol. The molecular formula is C16H13N3. The molecule has 19 heavy (non-hydrogen) atoms. The summed E-state index contributed by atoms with van der Waals surface area (Å²) in [4.78, 5) is 3.58. The molecule has 1 N–H and O–H groups in total. The molecular weight excluding hydrogens is 234 g/mol. The van der Waals surface area contributed by atoms with E-state index in [-0.39, 0.29) is 5.92 Å². The van der Waals surface area contributed by atoms with Gasteiger partial charge in [-0.1, -0.05) is 48.5 Å². The molecule has 0 saturated carbocycles. The molecule has 0 aliphatic rings. The molecule has 0 amide bonds. The molecule has 1 aromatic heterocycles. The number of para-hydroxylation sites is 1. The Hall–Kier alpha value is -2.60. The van der Waals surface area contributed by atoms with Gasteiger partial charge in [-0.15, -0.1) is 0 Å². The van der Waals surface area contributed by atoms with Crippen LogP contribution in [0.25, 0.3) is 15.7 Å². The number of aromatic amines is 1. The Morgan fingerprint density at radius 1 is 1.05 bits per heavy atom. The van der Waals surface area contributed by atoms with Crippen LogP contribution in [0.3, 0.4) is 0 Å². The lowest BCUT2D eigenvalue weighted by atomic mass is 9.94. The standard InChI is InChI=1S/C16H13N3/c1-17-11-14(12-7-3-2-4-8-12)16-13-9-5-6-10-15(13)18-19-16/h2-10,14H,11H2,(H,18,19).